The van der Waals surface area contributed by atoms with Crippen molar-refractivity contribution in [3.05, 3.63) is 29.0 Å². The molecule has 0 bridgehead atoms. The fourth-order valence-electron chi connectivity index (χ4n) is 2.82. The number of amides is 1. The fraction of sp³-hybridized carbons (Fsp3) is 0.500. The number of thiazole rings is 1. The number of aromatic nitrogens is 1. The van der Waals surface area contributed by atoms with E-state index in [1.807, 2.05) is 29.3 Å². The van der Waals surface area contributed by atoms with Crippen LogP contribution in [0.1, 0.15) is 18.4 Å². The second-order valence-corrected chi connectivity index (χ2v) is 6.79. The molecule has 6 heteroatoms. The van der Waals surface area contributed by atoms with Gasteiger partial charge in [-0.05, 0) is 33.0 Å². The molecular weight excluding hydrogens is 298 g/mol. The summed E-state index contributed by atoms with van der Waals surface area (Å²) in [6, 6.07) is 4.10. The van der Waals surface area contributed by atoms with Crippen molar-refractivity contribution in [1.82, 2.24) is 14.8 Å². The van der Waals surface area contributed by atoms with Crippen molar-refractivity contribution in [2.75, 3.05) is 26.7 Å². The smallest absolute Gasteiger partial charge is 0.228 e. The van der Waals surface area contributed by atoms with Gasteiger partial charge in [0.15, 0.2) is 10.8 Å². The zero-order valence-corrected chi connectivity index (χ0v) is 14.0. The third-order valence-corrected chi connectivity index (χ3v) is 4.89. The maximum Gasteiger partial charge on any atom is 0.228 e. The molecule has 2 aromatic rings. The van der Waals surface area contributed by atoms with Gasteiger partial charge in [0.25, 0.3) is 0 Å². The molecule has 2 aromatic heterocycles. The summed E-state index contributed by atoms with van der Waals surface area (Å²) < 4.78 is 5.58. The summed E-state index contributed by atoms with van der Waals surface area (Å²) in [6.07, 6.45) is 0.365. The second-order valence-electron chi connectivity index (χ2n) is 5.93. The number of hydrogen-bond donors (Lipinski definition) is 0. The van der Waals surface area contributed by atoms with E-state index < -0.39 is 0 Å². The van der Waals surface area contributed by atoms with Crippen molar-refractivity contribution in [2.24, 2.45) is 0 Å². The highest BCUT2D eigenvalue weighted by molar-refractivity contribution is 7.13. The maximum absolute atomic E-state index is 12.5. The van der Waals surface area contributed by atoms with E-state index in [9.17, 15) is 4.79 Å². The predicted octanol–water partition coefficient (Wildman–Crippen LogP) is 2.42. The summed E-state index contributed by atoms with van der Waals surface area (Å²) in [7, 11) is 2.09. The van der Waals surface area contributed by atoms with Crippen LogP contribution in [-0.2, 0) is 11.2 Å². The minimum absolute atomic E-state index is 0.160. The van der Waals surface area contributed by atoms with Gasteiger partial charge in [0.2, 0.25) is 5.91 Å². The van der Waals surface area contributed by atoms with E-state index in [1.165, 1.54) is 11.3 Å². The van der Waals surface area contributed by atoms with E-state index in [0.29, 0.717) is 6.42 Å². The lowest BCUT2D eigenvalue weighted by atomic mass is 10.1. The molecule has 1 aliphatic heterocycles. The van der Waals surface area contributed by atoms with Gasteiger partial charge in [-0.25, -0.2) is 4.98 Å². The molecule has 0 aliphatic carbocycles. The number of piperazine rings is 1. The number of rotatable bonds is 3. The molecule has 5 nitrogen and oxygen atoms in total. The van der Waals surface area contributed by atoms with Gasteiger partial charge in [0.05, 0.1) is 12.1 Å². The van der Waals surface area contributed by atoms with Gasteiger partial charge in [-0.3, -0.25) is 4.79 Å². The molecule has 3 heterocycles. The zero-order chi connectivity index (χ0) is 15.7. The Morgan fingerprint density at radius 1 is 1.45 bits per heavy atom. The lowest BCUT2D eigenvalue weighted by Gasteiger charge is -2.38. The SMILES string of the molecule is Cc1ccc(-c2nc(CC(=O)N3CCN(C)C[C@@H]3C)cs2)o1. The molecule has 0 radical (unpaired) electrons. The van der Waals surface area contributed by atoms with E-state index in [2.05, 4.69) is 23.9 Å². The highest BCUT2D eigenvalue weighted by Crippen LogP contribution is 2.26. The monoisotopic (exact) mass is 319 g/mol. The first-order valence-corrected chi connectivity index (χ1v) is 8.40. The van der Waals surface area contributed by atoms with E-state index in [-0.39, 0.29) is 11.9 Å². The quantitative estimate of drug-likeness (QED) is 0.872. The number of furan rings is 1. The van der Waals surface area contributed by atoms with Crippen LogP contribution >= 0.6 is 11.3 Å². The molecule has 0 spiro atoms. The first-order chi connectivity index (χ1) is 10.5. The van der Waals surface area contributed by atoms with Crippen molar-refractivity contribution in [3.63, 3.8) is 0 Å². The van der Waals surface area contributed by atoms with Crippen LogP contribution in [-0.4, -0.2) is 53.4 Å². The Morgan fingerprint density at radius 2 is 2.27 bits per heavy atom. The molecule has 118 valence electrons. The normalized spacial score (nSPS) is 19.6. The van der Waals surface area contributed by atoms with Gasteiger partial charge in [0, 0.05) is 31.1 Å². The molecule has 1 aliphatic rings. The van der Waals surface area contributed by atoms with Gasteiger partial charge in [-0.15, -0.1) is 11.3 Å². The Labute approximate surface area is 134 Å². The van der Waals surface area contributed by atoms with Crippen LogP contribution in [0.2, 0.25) is 0 Å². The van der Waals surface area contributed by atoms with E-state index in [1.54, 1.807) is 0 Å². The molecule has 1 fully saturated rings. The van der Waals surface area contributed by atoms with Crippen LogP contribution < -0.4 is 0 Å². The zero-order valence-electron chi connectivity index (χ0n) is 13.2. The Hall–Kier alpha value is -1.66. The number of nitrogens with zero attached hydrogens (tertiary/aromatic N) is 3. The second kappa shape index (κ2) is 6.22. The Bertz CT molecular complexity index is 664. The number of likely N-dealkylation sites (N-methyl/N-ethyl adjacent to an activating group) is 1. The summed E-state index contributed by atoms with van der Waals surface area (Å²) in [4.78, 5) is 21.2. The Kier molecular flexibility index (Phi) is 4.31. The first-order valence-electron chi connectivity index (χ1n) is 7.52. The van der Waals surface area contributed by atoms with E-state index in [0.717, 1.165) is 41.9 Å². The van der Waals surface area contributed by atoms with Crippen LogP contribution in [0.5, 0.6) is 0 Å². The largest absolute Gasteiger partial charge is 0.459 e. The fourth-order valence-corrected chi connectivity index (χ4v) is 3.60. The number of carbonyl (C=O) groups excluding carboxylic acids is 1. The van der Waals surface area contributed by atoms with Crippen LogP contribution in [0.15, 0.2) is 21.9 Å². The molecular formula is C16H21N3O2S. The van der Waals surface area contributed by atoms with Gasteiger partial charge >= 0.3 is 0 Å². The van der Waals surface area contributed by atoms with Gasteiger partial charge in [-0.1, -0.05) is 0 Å². The number of carbonyl (C=O) groups is 1. The van der Waals surface area contributed by atoms with Crippen molar-refractivity contribution in [1.29, 1.82) is 0 Å². The van der Waals surface area contributed by atoms with Crippen molar-refractivity contribution in [2.45, 2.75) is 26.3 Å². The molecule has 1 saturated heterocycles. The Morgan fingerprint density at radius 3 is 2.95 bits per heavy atom. The average molecular weight is 319 g/mol. The molecule has 0 saturated carbocycles. The summed E-state index contributed by atoms with van der Waals surface area (Å²) in [5, 5.41) is 2.79. The minimum Gasteiger partial charge on any atom is -0.459 e. The average Bonchev–Trinajstić information content (AvgIpc) is 3.07. The first kappa shape index (κ1) is 15.2. The third-order valence-electron chi connectivity index (χ3n) is 3.99. The topological polar surface area (TPSA) is 49.6 Å². The minimum atomic E-state index is 0.160. The summed E-state index contributed by atoms with van der Waals surface area (Å²) in [5.41, 5.74) is 0.824. The van der Waals surface area contributed by atoms with Crippen LogP contribution in [0.25, 0.3) is 10.8 Å². The summed E-state index contributed by atoms with van der Waals surface area (Å²) in [6.45, 7) is 6.68. The van der Waals surface area contributed by atoms with E-state index >= 15 is 0 Å². The Balaban J connectivity index is 1.66. The molecule has 3 rings (SSSR count). The lowest BCUT2D eigenvalue weighted by molar-refractivity contribution is -0.134. The molecule has 0 unspecified atom stereocenters. The van der Waals surface area contributed by atoms with Crippen LogP contribution in [0, 0.1) is 6.92 Å². The molecule has 22 heavy (non-hydrogen) atoms. The van der Waals surface area contributed by atoms with Crippen molar-refractivity contribution < 1.29 is 9.21 Å². The van der Waals surface area contributed by atoms with Crippen molar-refractivity contribution in [3.8, 4) is 10.8 Å². The van der Waals surface area contributed by atoms with Gasteiger partial charge < -0.3 is 14.2 Å². The highest BCUT2D eigenvalue weighted by atomic mass is 32.1. The molecule has 0 N–H and O–H groups in total. The van der Waals surface area contributed by atoms with Crippen molar-refractivity contribution >= 4 is 17.2 Å². The van der Waals surface area contributed by atoms with Crippen LogP contribution in [0.4, 0.5) is 0 Å². The maximum atomic E-state index is 12.5. The predicted molar refractivity (Wildman–Crippen MR) is 86.9 cm³/mol. The van der Waals surface area contributed by atoms with Gasteiger partial charge in [-0.2, -0.15) is 0 Å². The lowest BCUT2D eigenvalue weighted by Crippen LogP contribution is -2.53. The number of aryl methyl sites for hydroxylation is 1. The molecule has 1 atom stereocenters. The molecule has 1 amide bonds. The molecule has 0 aromatic carbocycles. The van der Waals surface area contributed by atoms with Crippen LogP contribution in [0.3, 0.4) is 0 Å². The summed E-state index contributed by atoms with van der Waals surface area (Å²) in [5.74, 6) is 1.80. The highest BCUT2D eigenvalue weighted by Gasteiger charge is 2.26. The van der Waals surface area contributed by atoms with Gasteiger partial charge in [0.1, 0.15) is 5.76 Å². The standard InChI is InChI=1S/C16H21N3O2S/c1-11-9-18(3)6-7-19(11)15(20)8-13-10-22-16(17-13)14-5-4-12(2)21-14/h4-5,10-11H,6-9H2,1-3H3/t11-/m0/s1. The third kappa shape index (κ3) is 3.23. The number of hydrogen-bond acceptors (Lipinski definition) is 5. The summed E-state index contributed by atoms with van der Waals surface area (Å²) >= 11 is 1.52. The van der Waals surface area contributed by atoms with E-state index in [4.69, 9.17) is 4.42 Å².